The Morgan fingerprint density at radius 1 is 1.14 bits per heavy atom. The van der Waals surface area contributed by atoms with Gasteiger partial charge in [0, 0.05) is 32.8 Å². The molecule has 0 aromatic carbocycles. The molecule has 1 aliphatic rings. The van der Waals surface area contributed by atoms with Crippen molar-refractivity contribution < 1.29 is 20.8 Å². The standard InChI is InChI=1S/C26H32N6O4S.2H2/c1-15(2)36-23-12-9-19(14-28-23)21-11-10-20(25(29-21)32-17(4)13-16(3)18(32)5)26(33)31-37(34,35)24-8-6-7-22(27)30-24;;/h6-12,14-18H,13H2,1-5H3,(H2,27,30)(H,31,33);2*1H. The van der Waals surface area contributed by atoms with Crippen molar-refractivity contribution in [1.29, 1.82) is 0 Å². The number of anilines is 2. The molecule has 0 bridgehead atoms. The Kier molecular flexibility index (Phi) is 7.35. The summed E-state index contributed by atoms with van der Waals surface area (Å²) in [5.41, 5.74) is 7.13. The van der Waals surface area contributed by atoms with Crippen LogP contribution in [-0.2, 0) is 10.0 Å². The van der Waals surface area contributed by atoms with Crippen LogP contribution >= 0.6 is 0 Å². The monoisotopic (exact) mass is 528 g/mol. The maximum atomic E-state index is 13.3. The number of carbonyl (C=O) groups excluding carboxylic acids is 1. The molecule has 4 heterocycles. The number of pyridine rings is 3. The number of hydrogen-bond acceptors (Lipinski definition) is 9. The van der Waals surface area contributed by atoms with Gasteiger partial charge in [0.2, 0.25) is 5.88 Å². The zero-order valence-corrected chi connectivity index (χ0v) is 22.4. The topological polar surface area (TPSA) is 140 Å². The molecular weight excluding hydrogens is 492 g/mol. The fourth-order valence-electron chi connectivity index (χ4n) is 4.56. The number of hydrogen-bond donors (Lipinski definition) is 2. The number of amides is 1. The van der Waals surface area contributed by atoms with Crippen molar-refractivity contribution in [2.45, 2.75) is 64.3 Å². The zero-order valence-electron chi connectivity index (χ0n) is 21.5. The molecule has 1 saturated heterocycles. The van der Waals surface area contributed by atoms with Crippen LogP contribution in [-0.4, -0.2) is 47.5 Å². The molecule has 0 saturated carbocycles. The van der Waals surface area contributed by atoms with Gasteiger partial charge in [-0.1, -0.05) is 13.0 Å². The minimum absolute atomic E-state index is 0. The van der Waals surface area contributed by atoms with Crippen LogP contribution in [0.15, 0.2) is 53.7 Å². The first-order valence-electron chi connectivity index (χ1n) is 12.2. The van der Waals surface area contributed by atoms with Gasteiger partial charge in [-0.15, -0.1) is 0 Å². The van der Waals surface area contributed by atoms with Crippen LogP contribution in [0.4, 0.5) is 11.6 Å². The van der Waals surface area contributed by atoms with Gasteiger partial charge in [-0.2, -0.15) is 8.42 Å². The Hall–Kier alpha value is -3.73. The van der Waals surface area contributed by atoms with Crippen LogP contribution in [0.1, 0.15) is 54.3 Å². The van der Waals surface area contributed by atoms with E-state index >= 15 is 0 Å². The molecule has 11 heteroatoms. The number of ether oxygens (including phenoxy) is 1. The van der Waals surface area contributed by atoms with E-state index < -0.39 is 15.9 Å². The second-order valence-corrected chi connectivity index (χ2v) is 11.3. The summed E-state index contributed by atoms with van der Waals surface area (Å²) in [4.78, 5) is 28.5. The SMILES string of the molecule is CC(C)Oc1ccc(-c2ccc(C(=O)NS(=O)(=O)c3cccc(N)n3)c(N3C(C)CC(C)C3C)n2)cn1.[HH].[HH]. The number of nitrogens with one attached hydrogen (secondary N) is 1. The summed E-state index contributed by atoms with van der Waals surface area (Å²) in [6.45, 7) is 10.2. The highest BCUT2D eigenvalue weighted by Gasteiger charge is 2.37. The lowest BCUT2D eigenvalue weighted by molar-refractivity contribution is 0.0981. The van der Waals surface area contributed by atoms with E-state index in [-0.39, 0.29) is 37.4 Å². The van der Waals surface area contributed by atoms with Crippen molar-refractivity contribution >= 4 is 27.6 Å². The minimum Gasteiger partial charge on any atom is -0.475 e. The predicted molar refractivity (Wildman–Crippen MR) is 146 cm³/mol. The van der Waals surface area contributed by atoms with Gasteiger partial charge in [0.1, 0.15) is 11.6 Å². The van der Waals surface area contributed by atoms with E-state index in [4.69, 9.17) is 15.5 Å². The molecule has 3 atom stereocenters. The smallest absolute Gasteiger partial charge is 0.281 e. The molecule has 4 rings (SSSR count). The van der Waals surface area contributed by atoms with Crippen LogP contribution in [0.3, 0.4) is 0 Å². The lowest BCUT2D eigenvalue weighted by Gasteiger charge is -2.30. The minimum atomic E-state index is -4.25. The van der Waals surface area contributed by atoms with E-state index in [0.29, 0.717) is 23.3 Å². The fourth-order valence-corrected chi connectivity index (χ4v) is 5.50. The summed E-state index contributed by atoms with van der Waals surface area (Å²) in [5, 5.41) is -0.335. The molecule has 37 heavy (non-hydrogen) atoms. The Morgan fingerprint density at radius 3 is 2.49 bits per heavy atom. The molecule has 1 aliphatic heterocycles. The van der Waals surface area contributed by atoms with E-state index in [0.717, 1.165) is 12.0 Å². The second-order valence-electron chi connectivity index (χ2n) is 9.66. The third-order valence-electron chi connectivity index (χ3n) is 6.45. The third-order valence-corrected chi connectivity index (χ3v) is 7.68. The molecule has 0 aliphatic carbocycles. The summed E-state index contributed by atoms with van der Waals surface area (Å²) < 4.78 is 33.5. The molecule has 10 nitrogen and oxygen atoms in total. The number of nitrogens with two attached hydrogens (primary N) is 1. The van der Waals surface area contributed by atoms with Crippen molar-refractivity contribution in [3.05, 3.63) is 54.2 Å². The lowest BCUT2D eigenvalue weighted by atomic mass is 10.0. The summed E-state index contributed by atoms with van der Waals surface area (Å²) in [7, 11) is -4.25. The van der Waals surface area contributed by atoms with Crippen LogP contribution < -0.4 is 20.1 Å². The first-order chi connectivity index (χ1) is 17.5. The quantitative estimate of drug-likeness (QED) is 0.463. The highest BCUT2D eigenvalue weighted by atomic mass is 32.2. The zero-order chi connectivity index (χ0) is 26.9. The first kappa shape index (κ1) is 26.3. The lowest BCUT2D eigenvalue weighted by Crippen LogP contribution is -2.38. The first-order valence-corrected chi connectivity index (χ1v) is 13.7. The molecule has 3 unspecified atom stereocenters. The maximum Gasteiger partial charge on any atom is 0.281 e. The summed E-state index contributed by atoms with van der Waals surface area (Å²) in [6, 6.07) is 11.3. The van der Waals surface area contributed by atoms with E-state index in [1.165, 1.54) is 18.2 Å². The van der Waals surface area contributed by atoms with Crippen LogP contribution in [0.5, 0.6) is 5.88 Å². The van der Waals surface area contributed by atoms with E-state index in [2.05, 4.69) is 40.4 Å². The number of aromatic nitrogens is 3. The van der Waals surface area contributed by atoms with Crippen molar-refractivity contribution in [3.63, 3.8) is 0 Å². The van der Waals surface area contributed by atoms with Crippen molar-refractivity contribution in [2.24, 2.45) is 5.92 Å². The molecule has 3 aromatic heterocycles. The highest BCUT2D eigenvalue weighted by molar-refractivity contribution is 7.90. The number of carbonyl (C=O) groups is 1. The molecular formula is C26H36N6O4S. The Balaban J connectivity index is 0.00000267. The Labute approximate surface area is 220 Å². The van der Waals surface area contributed by atoms with Crippen molar-refractivity contribution in [2.75, 3.05) is 10.6 Å². The summed E-state index contributed by atoms with van der Waals surface area (Å²) >= 11 is 0. The molecule has 200 valence electrons. The summed E-state index contributed by atoms with van der Waals surface area (Å²) in [6.07, 6.45) is 2.58. The number of nitrogen functional groups attached to an aromatic ring is 1. The third kappa shape index (κ3) is 5.66. The van der Waals surface area contributed by atoms with Crippen LogP contribution in [0.2, 0.25) is 0 Å². The van der Waals surface area contributed by atoms with Gasteiger partial charge in [0.25, 0.3) is 15.9 Å². The highest BCUT2D eigenvalue weighted by Crippen LogP contribution is 2.36. The number of nitrogens with zero attached hydrogens (tertiary/aromatic N) is 4. The average molecular weight is 529 g/mol. The van der Waals surface area contributed by atoms with Gasteiger partial charge in [0.05, 0.1) is 17.4 Å². The molecule has 1 amide bonds. The van der Waals surface area contributed by atoms with Gasteiger partial charge in [0.15, 0.2) is 5.03 Å². The largest absolute Gasteiger partial charge is 0.475 e. The van der Waals surface area contributed by atoms with Gasteiger partial charge < -0.3 is 15.4 Å². The number of rotatable bonds is 7. The molecule has 0 radical (unpaired) electrons. The van der Waals surface area contributed by atoms with Crippen molar-refractivity contribution in [3.8, 4) is 17.1 Å². The Bertz CT molecular complexity index is 1410. The average Bonchev–Trinajstić information content (AvgIpc) is 3.09. The van der Waals surface area contributed by atoms with Gasteiger partial charge in [-0.05, 0) is 70.4 Å². The summed E-state index contributed by atoms with van der Waals surface area (Å²) in [5.74, 6) is 0.527. The maximum absolute atomic E-state index is 13.3. The van der Waals surface area contributed by atoms with E-state index in [1.807, 2.05) is 19.9 Å². The van der Waals surface area contributed by atoms with Crippen molar-refractivity contribution in [1.82, 2.24) is 19.7 Å². The van der Waals surface area contributed by atoms with E-state index in [1.54, 1.807) is 24.4 Å². The van der Waals surface area contributed by atoms with Gasteiger partial charge >= 0.3 is 0 Å². The van der Waals surface area contributed by atoms with Gasteiger partial charge in [-0.25, -0.2) is 19.7 Å². The molecule has 1 fully saturated rings. The second kappa shape index (κ2) is 10.3. The molecule has 3 N–H and O–H groups in total. The van der Waals surface area contributed by atoms with Gasteiger partial charge in [-0.3, -0.25) is 4.79 Å². The van der Waals surface area contributed by atoms with Crippen LogP contribution in [0.25, 0.3) is 11.3 Å². The van der Waals surface area contributed by atoms with Crippen LogP contribution in [0, 0.1) is 5.92 Å². The Morgan fingerprint density at radius 2 is 1.89 bits per heavy atom. The molecule has 3 aromatic rings. The number of sulfonamides is 1. The normalized spacial score (nSPS) is 19.7. The molecule has 0 spiro atoms. The fraction of sp³-hybridized carbons (Fsp3) is 0.385. The predicted octanol–water partition coefficient (Wildman–Crippen LogP) is 4.14. The van der Waals surface area contributed by atoms with E-state index in [9.17, 15) is 13.2 Å².